The Morgan fingerprint density at radius 1 is 1.38 bits per heavy atom. The zero-order valence-corrected chi connectivity index (χ0v) is 10.3. The van der Waals surface area contributed by atoms with Crippen molar-refractivity contribution in [2.75, 3.05) is 13.1 Å². The Kier molecular flexibility index (Phi) is 3.50. The second-order valence-electron chi connectivity index (χ2n) is 5.42. The van der Waals surface area contributed by atoms with Crippen LogP contribution in [0, 0.1) is 5.92 Å². The molecule has 92 valence electrons. The maximum atomic E-state index is 11.9. The van der Waals surface area contributed by atoms with E-state index in [0.29, 0.717) is 12.1 Å². The zero-order chi connectivity index (χ0) is 11.7. The molecule has 0 bridgehead atoms. The summed E-state index contributed by atoms with van der Waals surface area (Å²) < 4.78 is 0. The van der Waals surface area contributed by atoms with Gasteiger partial charge in [0.15, 0.2) is 0 Å². The van der Waals surface area contributed by atoms with Gasteiger partial charge in [0, 0.05) is 18.6 Å². The average Bonchev–Trinajstić information content (AvgIpc) is 2.81. The Labute approximate surface area is 97.6 Å². The summed E-state index contributed by atoms with van der Waals surface area (Å²) in [5, 5.41) is 3.13. The van der Waals surface area contributed by atoms with Gasteiger partial charge in [0.2, 0.25) is 5.91 Å². The number of hydrogen-bond acceptors (Lipinski definition) is 3. The Morgan fingerprint density at radius 2 is 2.12 bits per heavy atom. The second-order valence-corrected chi connectivity index (χ2v) is 5.42. The summed E-state index contributed by atoms with van der Waals surface area (Å²) in [6, 6.07) is 0.540. The number of hydrogen-bond donors (Lipinski definition) is 2. The van der Waals surface area contributed by atoms with Crippen LogP contribution in [0.1, 0.15) is 33.1 Å². The largest absolute Gasteiger partial charge is 0.350 e. The van der Waals surface area contributed by atoms with E-state index >= 15 is 0 Å². The van der Waals surface area contributed by atoms with Crippen LogP contribution < -0.4 is 11.1 Å². The lowest BCUT2D eigenvalue weighted by Crippen LogP contribution is -2.50. The van der Waals surface area contributed by atoms with E-state index in [2.05, 4.69) is 10.2 Å². The number of carbonyl (C=O) groups is 1. The van der Waals surface area contributed by atoms with Crippen molar-refractivity contribution >= 4 is 5.91 Å². The first kappa shape index (κ1) is 11.9. The number of nitrogens with zero attached hydrogens (tertiary/aromatic N) is 1. The molecular weight excluding hydrogens is 202 g/mol. The van der Waals surface area contributed by atoms with Crippen molar-refractivity contribution in [3.8, 4) is 0 Å². The van der Waals surface area contributed by atoms with Crippen LogP contribution >= 0.6 is 0 Å². The van der Waals surface area contributed by atoms with Gasteiger partial charge < -0.3 is 11.1 Å². The molecule has 0 saturated carbocycles. The normalized spacial score (nSPS) is 31.8. The van der Waals surface area contributed by atoms with Gasteiger partial charge in [-0.15, -0.1) is 0 Å². The lowest BCUT2D eigenvalue weighted by Gasteiger charge is -2.24. The smallest absolute Gasteiger partial charge is 0.237 e. The van der Waals surface area contributed by atoms with Crippen molar-refractivity contribution in [2.24, 2.45) is 11.7 Å². The fourth-order valence-corrected chi connectivity index (χ4v) is 2.83. The first-order valence-electron chi connectivity index (χ1n) is 6.39. The summed E-state index contributed by atoms with van der Waals surface area (Å²) in [6.07, 6.45) is 3.58. The van der Waals surface area contributed by atoms with Gasteiger partial charge >= 0.3 is 0 Å². The Hall–Kier alpha value is -0.610. The molecule has 2 heterocycles. The van der Waals surface area contributed by atoms with Crippen LogP contribution in [0.25, 0.3) is 0 Å². The van der Waals surface area contributed by atoms with E-state index in [4.69, 9.17) is 5.73 Å². The molecule has 16 heavy (non-hydrogen) atoms. The summed E-state index contributed by atoms with van der Waals surface area (Å²) in [7, 11) is 0. The minimum atomic E-state index is -0.365. The number of carbonyl (C=O) groups excluding carboxylic acids is 1. The zero-order valence-electron chi connectivity index (χ0n) is 10.3. The molecule has 2 fully saturated rings. The second kappa shape index (κ2) is 4.72. The topological polar surface area (TPSA) is 58.4 Å². The van der Waals surface area contributed by atoms with Crippen molar-refractivity contribution in [1.29, 1.82) is 0 Å². The Morgan fingerprint density at radius 3 is 2.81 bits per heavy atom. The molecule has 2 unspecified atom stereocenters. The first-order valence-corrected chi connectivity index (χ1v) is 6.39. The third-order valence-electron chi connectivity index (χ3n) is 3.95. The molecule has 2 aliphatic rings. The predicted octanol–water partition coefficient (Wildman–Crippen LogP) is 0.323. The molecule has 0 radical (unpaired) electrons. The average molecular weight is 225 g/mol. The van der Waals surface area contributed by atoms with Gasteiger partial charge in [-0.1, -0.05) is 13.8 Å². The van der Waals surface area contributed by atoms with Gasteiger partial charge in [-0.2, -0.15) is 0 Å². The van der Waals surface area contributed by atoms with E-state index in [1.165, 1.54) is 19.4 Å². The molecule has 3 N–H and O–H groups in total. The van der Waals surface area contributed by atoms with Gasteiger partial charge in [0.1, 0.15) is 0 Å². The monoisotopic (exact) mass is 225 g/mol. The molecule has 0 aromatic rings. The minimum Gasteiger partial charge on any atom is -0.350 e. The molecule has 2 saturated heterocycles. The summed E-state index contributed by atoms with van der Waals surface area (Å²) in [4.78, 5) is 14.4. The Balaban J connectivity index is 1.88. The van der Waals surface area contributed by atoms with Crippen LogP contribution in [0.5, 0.6) is 0 Å². The van der Waals surface area contributed by atoms with Crippen molar-refractivity contribution in [2.45, 2.75) is 51.2 Å². The molecule has 0 aliphatic carbocycles. The molecule has 0 aromatic carbocycles. The fraction of sp³-hybridized carbons (Fsp3) is 0.917. The maximum absolute atomic E-state index is 11.9. The van der Waals surface area contributed by atoms with E-state index in [1.807, 2.05) is 13.8 Å². The highest BCUT2D eigenvalue weighted by atomic mass is 16.2. The SMILES string of the molecule is CC(C)[C@H](N)C(=O)NC1CCN2CCCC12. The summed E-state index contributed by atoms with van der Waals surface area (Å²) in [6.45, 7) is 6.31. The van der Waals surface area contributed by atoms with Gasteiger partial charge in [0.25, 0.3) is 0 Å². The van der Waals surface area contributed by atoms with Crippen molar-refractivity contribution in [1.82, 2.24) is 10.2 Å². The van der Waals surface area contributed by atoms with Crippen LogP contribution in [-0.4, -0.2) is 42.0 Å². The van der Waals surface area contributed by atoms with Gasteiger partial charge in [-0.3, -0.25) is 9.69 Å². The number of nitrogens with one attached hydrogen (secondary N) is 1. The molecule has 3 atom stereocenters. The number of amides is 1. The van der Waals surface area contributed by atoms with Crippen LogP contribution in [0.3, 0.4) is 0 Å². The van der Waals surface area contributed by atoms with E-state index < -0.39 is 0 Å². The quantitative estimate of drug-likeness (QED) is 0.727. The fourth-order valence-electron chi connectivity index (χ4n) is 2.83. The summed E-state index contributed by atoms with van der Waals surface area (Å²) in [5.41, 5.74) is 5.85. The van der Waals surface area contributed by atoms with Crippen LogP contribution in [0.15, 0.2) is 0 Å². The van der Waals surface area contributed by atoms with E-state index in [-0.39, 0.29) is 17.9 Å². The van der Waals surface area contributed by atoms with Gasteiger partial charge in [-0.25, -0.2) is 0 Å². The molecule has 4 nitrogen and oxygen atoms in total. The van der Waals surface area contributed by atoms with Crippen LogP contribution in [-0.2, 0) is 4.79 Å². The van der Waals surface area contributed by atoms with Gasteiger partial charge in [0.05, 0.1) is 6.04 Å². The lowest BCUT2D eigenvalue weighted by atomic mass is 10.0. The van der Waals surface area contributed by atoms with E-state index in [0.717, 1.165) is 13.0 Å². The highest BCUT2D eigenvalue weighted by Gasteiger charge is 2.38. The van der Waals surface area contributed by atoms with Crippen LogP contribution in [0.2, 0.25) is 0 Å². The highest BCUT2D eigenvalue weighted by Crippen LogP contribution is 2.27. The molecule has 4 heteroatoms. The lowest BCUT2D eigenvalue weighted by molar-refractivity contribution is -0.124. The molecular formula is C12H23N3O. The maximum Gasteiger partial charge on any atom is 0.237 e. The summed E-state index contributed by atoms with van der Waals surface area (Å²) >= 11 is 0. The molecule has 1 amide bonds. The van der Waals surface area contributed by atoms with Crippen molar-refractivity contribution in [3.05, 3.63) is 0 Å². The molecule has 0 aromatic heterocycles. The van der Waals surface area contributed by atoms with Crippen LogP contribution in [0.4, 0.5) is 0 Å². The highest BCUT2D eigenvalue weighted by molar-refractivity contribution is 5.82. The van der Waals surface area contributed by atoms with Gasteiger partial charge in [-0.05, 0) is 31.7 Å². The van der Waals surface area contributed by atoms with Crippen molar-refractivity contribution in [3.63, 3.8) is 0 Å². The summed E-state index contributed by atoms with van der Waals surface area (Å²) in [5.74, 6) is 0.231. The minimum absolute atomic E-state index is 0.0220. The molecule has 2 aliphatic heterocycles. The van der Waals surface area contributed by atoms with E-state index in [9.17, 15) is 4.79 Å². The Bertz CT molecular complexity index is 267. The number of nitrogens with two attached hydrogens (primary N) is 1. The third kappa shape index (κ3) is 2.23. The first-order chi connectivity index (χ1) is 7.59. The molecule has 0 spiro atoms. The van der Waals surface area contributed by atoms with Crippen molar-refractivity contribution < 1.29 is 4.79 Å². The number of rotatable bonds is 3. The third-order valence-corrected chi connectivity index (χ3v) is 3.95. The van der Waals surface area contributed by atoms with E-state index in [1.54, 1.807) is 0 Å². The number of fused-ring (bicyclic) bond motifs is 1. The molecule has 2 rings (SSSR count). The predicted molar refractivity (Wildman–Crippen MR) is 64.0 cm³/mol. The standard InChI is InChI=1S/C12H23N3O/c1-8(2)11(13)12(16)14-9-5-7-15-6-3-4-10(9)15/h8-11H,3-7,13H2,1-2H3,(H,14,16)/t9?,10?,11-/m0/s1.